The maximum absolute atomic E-state index is 4.06. The second kappa shape index (κ2) is 9.93. The van der Waals surface area contributed by atoms with Crippen LogP contribution in [-0.4, -0.2) is 6.21 Å². The van der Waals surface area contributed by atoms with E-state index in [1.807, 2.05) is 12.4 Å². The van der Waals surface area contributed by atoms with Gasteiger partial charge in [0.2, 0.25) is 0 Å². The van der Waals surface area contributed by atoms with Gasteiger partial charge in [-0.1, -0.05) is 82.2 Å². The monoisotopic (exact) mass is 535 g/mol. The molecule has 1 aromatic heterocycles. The molecule has 0 amide bonds. The van der Waals surface area contributed by atoms with E-state index in [0.717, 1.165) is 23.7 Å². The van der Waals surface area contributed by atoms with Crippen LogP contribution in [0.15, 0.2) is 106 Å². The smallest absolute Gasteiger partial charge is 0.0321 e. The van der Waals surface area contributed by atoms with Crippen LogP contribution in [0.5, 0.6) is 0 Å². The Balaban J connectivity index is 0.000000191. The Hall–Kier alpha value is -3.01. The fraction of sp³-hybridized carbons (Fsp3) is 0.156. The van der Waals surface area contributed by atoms with Gasteiger partial charge in [-0.2, -0.15) is 0 Å². The molecule has 2 aliphatic carbocycles. The number of benzene rings is 3. The summed E-state index contributed by atoms with van der Waals surface area (Å²) in [7, 11) is 0. The SMILES string of the molecule is Brc1ccc2c3c(ccc2c1)C1=C(CC3)CC(c2ccccc2)C=C1.C1=Cc2sccc2CC=N1. The van der Waals surface area contributed by atoms with Crippen LogP contribution in [0.2, 0.25) is 0 Å². The van der Waals surface area contributed by atoms with E-state index >= 15 is 0 Å². The molecule has 0 fully saturated rings. The lowest BCUT2D eigenvalue weighted by Crippen LogP contribution is -2.11. The number of hydrogen-bond acceptors (Lipinski definition) is 2. The van der Waals surface area contributed by atoms with E-state index in [-0.39, 0.29) is 0 Å². The van der Waals surface area contributed by atoms with Crippen molar-refractivity contribution in [2.24, 2.45) is 4.99 Å². The molecule has 0 bridgehead atoms. The third-order valence-electron chi connectivity index (χ3n) is 7.14. The van der Waals surface area contributed by atoms with Crippen LogP contribution in [0.1, 0.15) is 45.9 Å². The Labute approximate surface area is 219 Å². The zero-order chi connectivity index (χ0) is 23.6. The normalized spacial score (nSPS) is 17.8. The highest BCUT2D eigenvalue weighted by Gasteiger charge is 2.24. The molecule has 3 aromatic carbocycles. The van der Waals surface area contributed by atoms with Crippen LogP contribution >= 0.6 is 27.3 Å². The molecule has 3 heteroatoms. The molecule has 7 rings (SSSR count). The van der Waals surface area contributed by atoms with Gasteiger partial charge in [0.25, 0.3) is 0 Å². The Morgan fingerprint density at radius 3 is 2.74 bits per heavy atom. The molecular weight excluding hydrogens is 510 g/mol. The molecule has 1 unspecified atom stereocenters. The Kier molecular flexibility index (Phi) is 6.37. The van der Waals surface area contributed by atoms with Gasteiger partial charge in [0.15, 0.2) is 0 Å². The number of hydrogen-bond donors (Lipinski definition) is 0. The highest BCUT2D eigenvalue weighted by molar-refractivity contribution is 9.10. The summed E-state index contributed by atoms with van der Waals surface area (Å²) in [5, 5.41) is 4.86. The highest BCUT2D eigenvalue weighted by atomic mass is 79.9. The van der Waals surface area contributed by atoms with Crippen molar-refractivity contribution in [3.8, 4) is 0 Å². The summed E-state index contributed by atoms with van der Waals surface area (Å²) in [5.41, 5.74) is 8.88. The first-order valence-electron chi connectivity index (χ1n) is 12.2. The Morgan fingerprint density at radius 1 is 0.914 bits per heavy atom. The molecule has 1 aliphatic heterocycles. The number of aryl methyl sites for hydroxylation is 1. The van der Waals surface area contributed by atoms with Crippen molar-refractivity contribution in [2.45, 2.75) is 31.6 Å². The first-order valence-corrected chi connectivity index (χ1v) is 13.8. The molecule has 1 atom stereocenters. The average molecular weight is 537 g/mol. The first kappa shape index (κ1) is 22.5. The molecule has 0 saturated heterocycles. The number of rotatable bonds is 1. The molecule has 172 valence electrons. The van der Waals surface area contributed by atoms with Crippen LogP contribution in [0, 0.1) is 0 Å². The molecule has 0 saturated carbocycles. The lowest BCUT2D eigenvalue weighted by atomic mass is 9.76. The third kappa shape index (κ3) is 4.63. The van der Waals surface area contributed by atoms with Gasteiger partial charge < -0.3 is 0 Å². The summed E-state index contributed by atoms with van der Waals surface area (Å²) in [4.78, 5) is 5.40. The van der Waals surface area contributed by atoms with E-state index in [1.165, 1.54) is 49.9 Å². The molecule has 2 heterocycles. The quantitative estimate of drug-likeness (QED) is 0.230. The van der Waals surface area contributed by atoms with Crippen molar-refractivity contribution in [2.75, 3.05) is 0 Å². The van der Waals surface area contributed by atoms with Crippen molar-refractivity contribution in [3.63, 3.8) is 0 Å². The lowest BCUT2D eigenvalue weighted by molar-refractivity contribution is 0.756. The summed E-state index contributed by atoms with van der Waals surface area (Å²) < 4.78 is 1.15. The van der Waals surface area contributed by atoms with E-state index < -0.39 is 0 Å². The van der Waals surface area contributed by atoms with Gasteiger partial charge >= 0.3 is 0 Å². The average Bonchev–Trinajstić information content (AvgIpc) is 3.24. The molecule has 0 radical (unpaired) electrons. The molecule has 3 aliphatic rings. The number of aliphatic imine (C=N–C) groups is 1. The minimum absolute atomic E-state index is 0.526. The van der Waals surface area contributed by atoms with Crippen LogP contribution in [0.3, 0.4) is 0 Å². The Bertz CT molecular complexity index is 1500. The number of thiophene rings is 1. The van der Waals surface area contributed by atoms with E-state index in [9.17, 15) is 0 Å². The molecular formula is C32H26BrNS. The summed E-state index contributed by atoms with van der Waals surface area (Å²) in [6.07, 6.45) is 15.1. The summed E-state index contributed by atoms with van der Waals surface area (Å²) in [6, 6.07) is 24.3. The first-order chi connectivity index (χ1) is 17.3. The predicted molar refractivity (Wildman–Crippen MR) is 155 cm³/mol. The van der Waals surface area contributed by atoms with Crippen molar-refractivity contribution < 1.29 is 0 Å². The fourth-order valence-corrected chi connectivity index (χ4v) is 6.57. The number of nitrogens with zero attached hydrogens (tertiary/aromatic N) is 1. The van der Waals surface area contributed by atoms with Gasteiger partial charge in [-0.3, -0.25) is 4.99 Å². The second-order valence-electron chi connectivity index (χ2n) is 9.22. The van der Waals surface area contributed by atoms with E-state index in [1.54, 1.807) is 16.9 Å². The standard InChI is InChI=1S/C24H19Br.C8H7NS/c25-20-9-13-22-19(15-20)8-12-23-21-10-6-17(16-4-2-1-3-5-16)14-18(21)7-11-24(22)23;1-4-9-5-2-8-7(1)3-6-10-8/h1-6,8-10,12-13,15,17H,7,11,14H2;2-6H,1H2. The highest BCUT2D eigenvalue weighted by Crippen LogP contribution is 2.43. The van der Waals surface area contributed by atoms with E-state index in [2.05, 4.69) is 111 Å². The van der Waals surface area contributed by atoms with Crippen LogP contribution < -0.4 is 0 Å². The van der Waals surface area contributed by atoms with Crippen LogP contribution in [0.4, 0.5) is 0 Å². The largest absolute Gasteiger partial charge is 0.269 e. The van der Waals surface area contributed by atoms with E-state index in [0.29, 0.717) is 5.92 Å². The van der Waals surface area contributed by atoms with Crippen molar-refractivity contribution >= 4 is 55.9 Å². The predicted octanol–water partition coefficient (Wildman–Crippen LogP) is 9.39. The van der Waals surface area contributed by atoms with Crippen LogP contribution in [0.25, 0.3) is 22.4 Å². The van der Waals surface area contributed by atoms with E-state index in [4.69, 9.17) is 0 Å². The molecule has 0 N–H and O–H groups in total. The van der Waals surface area contributed by atoms with Gasteiger partial charge in [-0.25, -0.2) is 0 Å². The number of halogens is 1. The third-order valence-corrected chi connectivity index (χ3v) is 8.56. The topological polar surface area (TPSA) is 12.4 Å². The van der Waals surface area contributed by atoms with Crippen molar-refractivity contribution in [1.82, 2.24) is 0 Å². The summed E-state index contributed by atoms with van der Waals surface area (Å²) >= 11 is 5.36. The maximum Gasteiger partial charge on any atom is 0.0321 e. The van der Waals surface area contributed by atoms with Crippen molar-refractivity contribution in [3.05, 3.63) is 128 Å². The molecule has 1 nitrogen and oxygen atoms in total. The van der Waals surface area contributed by atoms with Gasteiger partial charge in [-0.05, 0) is 87.5 Å². The van der Waals surface area contributed by atoms with Gasteiger partial charge in [-0.15, -0.1) is 11.3 Å². The molecule has 4 aromatic rings. The second-order valence-corrected chi connectivity index (χ2v) is 11.1. The van der Waals surface area contributed by atoms with Crippen molar-refractivity contribution in [1.29, 1.82) is 0 Å². The zero-order valence-corrected chi connectivity index (χ0v) is 21.9. The Morgan fingerprint density at radius 2 is 1.83 bits per heavy atom. The van der Waals surface area contributed by atoms with Gasteiger partial charge in [0.05, 0.1) is 0 Å². The lowest BCUT2D eigenvalue weighted by Gasteiger charge is -2.29. The maximum atomic E-state index is 4.06. The van der Waals surface area contributed by atoms with Gasteiger partial charge in [0, 0.05) is 34.1 Å². The minimum Gasteiger partial charge on any atom is -0.269 e. The number of allylic oxidation sites excluding steroid dienone is 4. The zero-order valence-electron chi connectivity index (χ0n) is 19.5. The van der Waals surface area contributed by atoms with Crippen LogP contribution in [-0.2, 0) is 12.8 Å². The number of fused-ring (bicyclic) bond motifs is 5. The molecule has 0 spiro atoms. The fourth-order valence-electron chi connectivity index (χ4n) is 5.37. The summed E-state index contributed by atoms with van der Waals surface area (Å²) in [5.74, 6) is 0.526. The molecule has 35 heavy (non-hydrogen) atoms. The summed E-state index contributed by atoms with van der Waals surface area (Å²) in [6.45, 7) is 0. The van der Waals surface area contributed by atoms with Gasteiger partial charge in [0.1, 0.15) is 0 Å². The minimum atomic E-state index is 0.526.